The highest BCUT2D eigenvalue weighted by Crippen LogP contribution is 2.27. The number of hydrogen-bond donors (Lipinski definition) is 1. The Hall–Kier alpha value is -3.38. The van der Waals surface area contributed by atoms with Gasteiger partial charge in [-0.15, -0.1) is 0 Å². The summed E-state index contributed by atoms with van der Waals surface area (Å²) in [5.41, 5.74) is 3.83. The van der Waals surface area contributed by atoms with Gasteiger partial charge in [-0.05, 0) is 79.3 Å². The van der Waals surface area contributed by atoms with Gasteiger partial charge in [-0.2, -0.15) is 0 Å². The number of methoxy groups -OCH3 is 1. The molecule has 1 fully saturated rings. The van der Waals surface area contributed by atoms with Crippen LogP contribution in [0.4, 0.5) is 5.69 Å². The molecular formula is C29H34N2O4. The number of fused-ring (bicyclic) bond motifs is 1. The zero-order valence-electron chi connectivity index (χ0n) is 21.0. The van der Waals surface area contributed by atoms with Crippen molar-refractivity contribution in [3.05, 3.63) is 71.3 Å². The van der Waals surface area contributed by atoms with E-state index in [1.807, 2.05) is 75.4 Å². The van der Waals surface area contributed by atoms with E-state index >= 15 is 0 Å². The number of nitrogens with one attached hydrogen (secondary N) is 1. The third-order valence-corrected chi connectivity index (χ3v) is 6.91. The predicted molar refractivity (Wildman–Crippen MR) is 139 cm³/mol. The summed E-state index contributed by atoms with van der Waals surface area (Å²) in [6.07, 6.45) is 1.84. The van der Waals surface area contributed by atoms with Gasteiger partial charge in [0.2, 0.25) is 11.8 Å². The lowest BCUT2D eigenvalue weighted by molar-refractivity contribution is -0.137. The van der Waals surface area contributed by atoms with Crippen molar-refractivity contribution in [2.45, 2.75) is 45.6 Å². The van der Waals surface area contributed by atoms with Crippen molar-refractivity contribution in [3.63, 3.8) is 0 Å². The topological polar surface area (TPSA) is 67.9 Å². The van der Waals surface area contributed by atoms with Crippen LogP contribution in [0, 0.1) is 13.8 Å². The van der Waals surface area contributed by atoms with Crippen LogP contribution >= 0.6 is 0 Å². The van der Waals surface area contributed by atoms with Gasteiger partial charge in [-0.3, -0.25) is 9.59 Å². The maximum atomic E-state index is 13.6. The minimum atomic E-state index is -0.392. The molecule has 3 aromatic carbocycles. The van der Waals surface area contributed by atoms with Crippen molar-refractivity contribution in [3.8, 4) is 5.75 Å². The van der Waals surface area contributed by atoms with E-state index in [2.05, 4.69) is 5.32 Å². The molecule has 0 aliphatic carbocycles. The van der Waals surface area contributed by atoms with Crippen LogP contribution in [0.3, 0.4) is 0 Å². The lowest BCUT2D eigenvalue weighted by Gasteiger charge is -2.28. The largest absolute Gasteiger partial charge is 0.497 e. The number of aryl methyl sites for hydroxylation is 1. The number of anilines is 1. The molecule has 1 aliphatic heterocycles. The Morgan fingerprint density at radius 1 is 1.11 bits per heavy atom. The highest BCUT2D eigenvalue weighted by atomic mass is 16.5. The second kappa shape index (κ2) is 10.9. The normalized spacial score (nSPS) is 16.2. The first-order chi connectivity index (χ1) is 16.9. The smallest absolute Gasteiger partial charge is 0.244 e. The maximum Gasteiger partial charge on any atom is 0.244 e. The second-order valence-corrected chi connectivity index (χ2v) is 9.34. The molecule has 4 rings (SSSR count). The van der Waals surface area contributed by atoms with E-state index in [1.54, 1.807) is 12.0 Å². The van der Waals surface area contributed by atoms with Gasteiger partial charge in [0.05, 0.1) is 25.7 Å². The Morgan fingerprint density at radius 3 is 2.63 bits per heavy atom. The highest BCUT2D eigenvalue weighted by molar-refractivity contribution is 5.96. The first kappa shape index (κ1) is 24.7. The van der Waals surface area contributed by atoms with Crippen LogP contribution in [0.1, 0.15) is 42.4 Å². The van der Waals surface area contributed by atoms with Gasteiger partial charge >= 0.3 is 0 Å². The Kier molecular flexibility index (Phi) is 7.71. The molecule has 184 valence electrons. The number of nitrogens with zero attached hydrogens (tertiary/aromatic N) is 1. The molecular weight excluding hydrogens is 440 g/mol. The third kappa shape index (κ3) is 5.82. The molecule has 0 aromatic heterocycles. The molecule has 1 heterocycles. The van der Waals surface area contributed by atoms with Crippen molar-refractivity contribution in [1.82, 2.24) is 4.90 Å². The zero-order chi connectivity index (χ0) is 24.9. The average molecular weight is 475 g/mol. The zero-order valence-corrected chi connectivity index (χ0v) is 21.0. The van der Waals surface area contributed by atoms with Gasteiger partial charge in [0.15, 0.2) is 0 Å². The van der Waals surface area contributed by atoms with Gasteiger partial charge < -0.3 is 19.7 Å². The number of hydrogen-bond acceptors (Lipinski definition) is 4. The summed E-state index contributed by atoms with van der Waals surface area (Å²) in [5, 5.41) is 5.08. The first-order valence-corrected chi connectivity index (χ1v) is 12.2. The van der Waals surface area contributed by atoms with E-state index in [1.165, 1.54) is 0 Å². The van der Waals surface area contributed by atoms with Crippen LogP contribution in [0.25, 0.3) is 10.8 Å². The molecule has 6 nitrogen and oxygen atoms in total. The van der Waals surface area contributed by atoms with Crippen LogP contribution < -0.4 is 10.1 Å². The van der Waals surface area contributed by atoms with Crippen LogP contribution in [-0.4, -0.2) is 49.6 Å². The number of carbonyl (C=O) groups is 2. The maximum absolute atomic E-state index is 13.6. The van der Waals surface area contributed by atoms with E-state index in [0.717, 1.165) is 51.7 Å². The van der Waals surface area contributed by atoms with E-state index in [4.69, 9.17) is 9.47 Å². The lowest BCUT2D eigenvalue weighted by atomic mass is 9.96. The monoisotopic (exact) mass is 474 g/mol. The van der Waals surface area contributed by atoms with Gasteiger partial charge in [-0.1, -0.05) is 36.4 Å². The predicted octanol–water partition coefficient (Wildman–Crippen LogP) is 5.22. The second-order valence-electron chi connectivity index (χ2n) is 9.34. The minimum absolute atomic E-state index is 0.0127. The summed E-state index contributed by atoms with van der Waals surface area (Å²) in [6.45, 7) is 7.00. The molecule has 1 saturated heterocycles. The Morgan fingerprint density at radius 2 is 1.89 bits per heavy atom. The lowest BCUT2D eigenvalue weighted by Crippen LogP contribution is -2.44. The molecule has 2 atom stereocenters. The SMILES string of the molecule is COc1ccc2cc(C(C)C(=O)N(CC(=O)Nc3cccc(C)c3C)CC3CCCO3)ccc2c1. The Balaban J connectivity index is 1.53. The van der Waals surface area contributed by atoms with Gasteiger partial charge in [0.1, 0.15) is 5.75 Å². The molecule has 0 saturated carbocycles. The fraction of sp³-hybridized carbons (Fsp3) is 0.379. The summed E-state index contributed by atoms with van der Waals surface area (Å²) >= 11 is 0. The molecule has 0 radical (unpaired) electrons. The fourth-order valence-electron chi connectivity index (χ4n) is 4.57. The molecule has 2 amide bonds. The van der Waals surface area contributed by atoms with Crippen LogP contribution in [0.15, 0.2) is 54.6 Å². The summed E-state index contributed by atoms with van der Waals surface area (Å²) in [5.74, 6) is 0.121. The number of rotatable bonds is 8. The highest BCUT2D eigenvalue weighted by Gasteiger charge is 2.28. The van der Waals surface area contributed by atoms with E-state index < -0.39 is 5.92 Å². The standard InChI is InChI=1S/C29H34N2O4/c1-19-7-5-9-27(20(19)2)30-28(32)18-31(17-26-8-6-14-35-26)29(33)21(3)22-10-11-24-16-25(34-4)13-12-23(24)15-22/h5,7,9-13,15-16,21,26H,6,8,14,17-18H2,1-4H3,(H,30,32). The van der Waals surface area contributed by atoms with Crippen LogP contribution in [0.2, 0.25) is 0 Å². The number of benzene rings is 3. The summed E-state index contributed by atoms with van der Waals surface area (Å²) < 4.78 is 11.1. The molecule has 2 unspecified atom stereocenters. The molecule has 1 aliphatic rings. The molecule has 1 N–H and O–H groups in total. The molecule has 0 spiro atoms. The van der Waals surface area contributed by atoms with Gasteiger partial charge in [0, 0.05) is 18.8 Å². The number of ether oxygens (including phenoxy) is 2. The Bertz CT molecular complexity index is 1220. The van der Waals surface area contributed by atoms with Crippen molar-refractivity contribution < 1.29 is 19.1 Å². The quantitative estimate of drug-likeness (QED) is 0.486. The van der Waals surface area contributed by atoms with E-state index in [0.29, 0.717) is 13.2 Å². The number of carbonyl (C=O) groups excluding carboxylic acids is 2. The third-order valence-electron chi connectivity index (χ3n) is 6.91. The first-order valence-electron chi connectivity index (χ1n) is 12.2. The summed E-state index contributed by atoms with van der Waals surface area (Å²) in [4.78, 5) is 28.3. The fourth-order valence-corrected chi connectivity index (χ4v) is 4.57. The van der Waals surface area contributed by atoms with Gasteiger partial charge in [0.25, 0.3) is 0 Å². The van der Waals surface area contributed by atoms with Crippen molar-refractivity contribution in [1.29, 1.82) is 0 Å². The van der Waals surface area contributed by atoms with E-state index in [-0.39, 0.29) is 24.5 Å². The van der Waals surface area contributed by atoms with Crippen LogP contribution in [0.5, 0.6) is 5.75 Å². The summed E-state index contributed by atoms with van der Waals surface area (Å²) in [7, 11) is 1.65. The van der Waals surface area contributed by atoms with Crippen molar-refractivity contribution >= 4 is 28.3 Å². The summed E-state index contributed by atoms with van der Waals surface area (Å²) in [6, 6.07) is 17.7. The minimum Gasteiger partial charge on any atom is -0.497 e. The van der Waals surface area contributed by atoms with Crippen molar-refractivity contribution in [2.75, 3.05) is 32.1 Å². The molecule has 6 heteroatoms. The van der Waals surface area contributed by atoms with Crippen LogP contribution in [-0.2, 0) is 14.3 Å². The molecule has 3 aromatic rings. The molecule has 35 heavy (non-hydrogen) atoms. The molecule has 0 bridgehead atoms. The average Bonchev–Trinajstić information content (AvgIpc) is 3.38. The number of amides is 2. The Labute approximate surface area is 207 Å². The van der Waals surface area contributed by atoms with Gasteiger partial charge in [-0.25, -0.2) is 0 Å². The van der Waals surface area contributed by atoms with E-state index in [9.17, 15) is 9.59 Å². The van der Waals surface area contributed by atoms with Crippen molar-refractivity contribution in [2.24, 2.45) is 0 Å².